The first-order chi connectivity index (χ1) is 11.9. The van der Waals surface area contributed by atoms with Gasteiger partial charge < -0.3 is 15.5 Å². The zero-order chi connectivity index (χ0) is 18.0. The average molecular weight is 341 g/mol. The molecule has 2 aromatic rings. The maximum Gasteiger partial charge on any atom is 0.321 e. The van der Waals surface area contributed by atoms with E-state index in [2.05, 4.69) is 10.6 Å². The Bertz CT molecular complexity index is 820. The summed E-state index contributed by atoms with van der Waals surface area (Å²) in [7, 11) is 3.28. The fourth-order valence-corrected chi connectivity index (χ4v) is 2.94. The molecule has 2 aromatic carbocycles. The summed E-state index contributed by atoms with van der Waals surface area (Å²) in [6.45, 7) is 0. The summed E-state index contributed by atoms with van der Waals surface area (Å²) in [4.78, 5) is 25.7. The summed E-state index contributed by atoms with van der Waals surface area (Å²) in [6, 6.07) is 11.0. The number of hydrogen-bond acceptors (Lipinski definition) is 2. The first-order valence-corrected chi connectivity index (χ1v) is 8.11. The molecule has 3 amide bonds. The van der Waals surface area contributed by atoms with E-state index in [0.29, 0.717) is 11.3 Å². The Morgan fingerprint density at radius 2 is 1.96 bits per heavy atom. The highest BCUT2D eigenvalue weighted by Crippen LogP contribution is 2.31. The summed E-state index contributed by atoms with van der Waals surface area (Å²) < 4.78 is 13.5. The minimum absolute atomic E-state index is 0.196. The van der Waals surface area contributed by atoms with E-state index in [9.17, 15) is 14.0 Å². The van der Waals surface area contributed by atoms with Crippen molar-refractivity contribution in [2.45, 2.75) is 18.9 Å². The van der Waals surface area contributed by atoms with Crippen LogP contribution in [0.1, 0.15) is 33.9 Å². The third-order valence-electron chi connectivity index (χ3n) is 4.27. The normalized spacial score (nSPS) is 15.4. The smallest absolute Gasteiger partial charge is 0.321 e. The topological polar surface area (TPSA) is 61.4 Å². The summed E-state index contributed by atoms with van der Waals surface area (Å²) in [6.07, 6.45) is 1.57. The van der Waals surface area contributed by atoms with Crippen LogP contribution in [0.3, 0.4) is 0 Å². The number of nitrogens with zero attached hydrogens (tertiary/aromatic N) is 1. The molecule has 1 aliphatic carbocycles. The van der Waals surface area contributed by atoms with E-state index in [1.54, 1.807) is 44.4 Å². The molecule has 130 valence electrons. The number of hydrogen-bond donors (Lipinski definition) is 2. The summed E-state index contributed by atoms with van der Waals surface area (Å²) in [5, 5.41) is 5.66. The minimum atomic E-state index is -0.298. The molecular weight excluding hydrogens is 321 g/mol. The maximum absolute atomic E-state index is 13.5. The number of nitrogens with one attached hydrogen (secondary N) is 2. The van der Waals surface area contributed by atoms with Crippen molar-refractivity contribution in [2.24, 2.45) is 0 Å². The third kappa shape index (κ3) is 3.79. The van der Waals surface area contributed by atoms with Crippen LogP contribution in [-0.2, 0) is 6.42 Å². The Kier molecular flexibility index (Phi) is 4.70. The van der Waals surface area contributed by atoms with Crippen LogP contribution < -0.4 is 10.6 Å². The summed E-state index contributed by atoms with van der Waals surface area (Å²) >= 11 is 0. The van der Waals surface area contributed by atoms with Gasteiger partial charge in [-0.05, 0) is 54.3 Å². The Morgan fingerprint density at radius 3 is 2.72 bits per heavy atom. The molecule has 5 nitrogen and oxygen atoms in total. The standard InChI is InChI=1S/C19H20FN3O2/c1-23(2)19(25)21-15-5-3-4-13(10-15)18(24)22-17-9-7-12-6-8-14(20)11-16(12)17/h3-6,8,10-11,17H,7,9H2,1-2H3,(H,21,25)(H,22,24)/t17-/m0/s1. The van der Waals surface area contributed by atoms with E-state index in [1.165, 1.54) is 17.0 Å². The number of fused-ring (bicyclic) bond motifs is 1. The molecule has 1 atom stereocenters. The number of benzene rings is 2. The van der Waals surface area contributed by atoms with Crippen molar-refractivity contribution in [1.82, 2.24) is 10.2 Å². The van der Waals surface area contributed by atoms with E-state index in [-0.39, 0.29) is 23.8 Å². The van der Waals surface area contributed by atoms with Crippen molar-refractivity contribution in [3.8, 4) is 0 Å². The lowest BCUT2D eigenvalue weighted by Crippen LogP contribution is -2.28. The van der Waals surface area contributed by atoms with Crippen molar-refractivity contribution in [2.75, 3.05) is 19.4 Å². The second-order valence-electron chi connectivity index (χ2n) is 6.31. The second-order valence-corrected chi connectivity index (χ2v) is 6.31. The van der Waals surface area contributed by atoms with Crippen molar-refractivity contribution in [3.05, 3.63) is 65.0 Å². The lowest BCUT2D eigenvalue weighted by molar-refractivity contribution is 0.0936. The number of urea groups is 1. The Balaban J connectivity index is 1.73. The number of carbonyl (C=O) groups is 2. The van der Waals surface area contributed by atoms with Gasteiger partial charge in [0.25, 0.3) is 5.91 Å². The highest BCUT2D eigenvalue weighted by Gasteiger charge is 2.24. The Labute approximate surface area is 145 Å². The van der Waals surface area contributed by atoms with Gasteiger partial charge >= 0.3 is 6.03 Å². The van der Waals surface area contributed by atoms with Crippen molar-refractivity contribution in [3.63, 3.8) is 0 Å². The molecule has 2 N–H and O–H groups in total. The fourth-order valence-electron chi connectivity index (χ4n) is 2.94. The van der Waals surface area contributed by atoms with Crippen molar-refractivity contribution >= 4 is 17.6 Å². The van der Waals surface area contributed by atoms with Crippen LogP contribution in [0.2, 0.25) is 0 Å². The Morgan fingerprint density at radius 1 is 1.16 bits per heavy atom. The van der Waals surface area contributed by atoms with Crippen molar-refractivity contribution < 1.29 is 14.0 Å². The highest BCUT2D eigenvalue weighted by molar-refractivity contribution is 5.97. The molecule has 0 saturated carbocycles. The average Bonchev–Trinajstić information content (AvgIpc) is 2.97. The van der Waals surface area contributed by atoms with Gasteiger partial charge in [-0.1, -0.05) is 12.1 Å². The number of amides is 3. The number of carbonyl (C=O) groups excluding carboxylic acids is 2. The van der Waals surface area contributed by atoms with Gasteiger partial charge in [-0.2, -0.15) is 0 Å². The largest absolute Gasteiger partial charge is 0.345 e. The quantitative estimate of drug-likeness (QED) is 0.899. The summed E-state index contributed by atoms with van der Waals surface area (Å²) in [5.41, 5.74) is 2.90. The van der Waals surface area contributed by atoms with Crippen LogP contribution in [0.25, 0.3) is 0 Å². The number of aryl methyl sites for hydroxylation is 1. The van der Waals surface area contributed by atoms with Crippen LogP contribution in [0, 0.1) is 5.82 Å². The zero-order valence-corrected chi connectivity index (χ0v) is 14.2. The van der Waals surface area contributed by atoms with Gasteiger partial charge in [-0.25, -0.2) is 9.18 Å². The molecule has 0 unspecified atom stereocenters. The van der Waals surface area contributed by atoms with Crippen molar-refractivity contribution in [1.29, 1.82) is 0 Å². The molecule has 0 aromatic heterocycles. The number of anilines is 1. The van der Waals surface area contributed by atoms with Crippen LogP contribution >= 0.6 is 0 Å². The molecule has 0 aliphatic heterocycles. The maximum atomic E-state index is 13.5. The van der Waals surface area contributed by atoms with Crippen LogP contribution in [0.4, 0.5) is 14.9 Å². The molecule has 25 heavy (non-hydrogen) atoms. The SMILES string of the molecule is CN(C)C(=O)Nc1cccc(C(=O)N[C@H]2CCc3ccc(F)cc32)c1. The van der Waals surface area contributed by atoms with E-state index in [0.717, 1.165) is 24.0 Å². The molecule has 1 aliphatic rings. The van der Waals surface area contributed by atoms with Gasteiger partial charge in [0, 0.05) is 25.3 Å². The van der Waals surface area contributed by atoms with E-state index < -0.39 is 0 Å². The first-order valence-electron chi connectivity index (χ1n) is 8.11. The molecule has 0 fully saturated rings. The van der Waals surface area contributed by atoms with Gasteiger partial charge in [-0.15, -0.1) is 0 Å². The van der Waals surface area contributed by atoms with Gasteiger partial charge in [-0.3, -0.25) is 4.79 Å². The summed E-state index contributed by atoms with van der Waals surface area (Å²) in [5.74, 6) is -0.545. The predicted octanol–water partition coefficient (Wildman–Crippen LogP) is 3.34. The van der Waals surface area contributed by atoms with E-state index in [1.807, 2.05) is 0 Å². The van der Waals surface area contributed by atoms with Crippen LogP contribution in [0.15, 0.2) is 42.5 Å². The molecule has 0 heterocycles. The van der Waals surface area contributed by atoms with Gasteiger partial charge in [0.2, 0.25) is 0 Å². The number of halogens is 1. The van der Waals surface area contributed by atoms with Crippen LogP contribution in [0.5, 0.6) is 0 Å². The Hall–Kier alpha value is -2.89. The fraction of sp³-hybridized carbons (Fsp3) is 0.263. The highest BCUT2D eigenvalue weighted by atomic mass is 19.1. The molecule has 0 radical (unpaired) electrons. The van der Waals surface area contributed by atoms with E-state index >= 15 is 0 Å². The monoisotopic (exact) mass is 341 g/mol. The molecular formula is C19H20FN3O2. The lowest BCUT2D eigenvalue weighted by atomic mass is 10.1. The first kappa shape index (κ1) is 17.0. The second kappa shape index (κ2) is 6.93. The molecule has 0 saturated heterocycles. The van der Waals surface area contributed by atoms with Crippen LogP contribution in [-0.4, -0.2) is 30.9 Å². The molecule has 0 spiro atoms. The van der Waals surface area contributed by atoms with Gasteiger partial charge in [0.1, 0.15) is 5.82 Å². The molecule has 0 bridgehead atoms. The zero-order valence-electron chi connectivity index (χ0n) is 14.2. The van der Waals surface area contributed by atoms with Gasteiger partial charge in [0.05, 0.1) is 6.04 Å². The number of rotatable bonds is 3. The minimum Gasteiger partial charge on any atom is -0.345 e. The van der Waals surface area contributed by atoms with Gasteiger partial charge in [0.15, 0.2) is 0 Å². The predicted molar refractivity (Wildman–Crippen MR) is 94.1 cm³/mol. The molecule has 3 rings (SSSR count). The van der Waals surface area contributed by atoms with E-state index in [4.69, 9.17) is 0 Å². The third-order valence-corrected chi connectivity index (χ3v) is 4.27. The lowest BCUT2D eigenvalue weighted by Gasteiger charge is -2.15. The molecule has 6 heteroatoms.